The third kappa shape index (κ3) is 3.88. The summed E-state index contributed by atoms with van der Waals surface area (Å²) in [6, 6.07) is 8.44. The fraction of sp³-hybridized carbons (Fsp3) is 0.200. The van der Waals surface area contributed by atoms with Gasteiger partial charge in [-0.2, -0.15) is 13.2 Å². The van der Waals surface area contributed by atoms with Gasteiger partial charge in [0.1, 0.15) is 5.82 Å². The van der Waals surface area contributed by atoms with Crippen LogP contribution in [0.1, 0.15) is 24.1 Å². The van der Waals surface area contributed by atoms with Gasteiger partial charge < -0.3 is 5.32 Å². The molecule has 112 valence electrons. The average Bonchev–Trinajstić information content (AvgIpc) is 2.38. The quantitative estimate of drug-likeness (QED) is 0.719. The first-order valence-corrected chi connectivity index (χ1v) is 6.54. The molecule has 0 aliphatic rings. The van der Waals surface area contributed by atoms with Crippen LogP contribution in [0, 0.1) is 5.82 Å². The van der Waals surface area contributed by atoms with Gasteiger partial charge in [0.05, 0.1) is 5.56 Å². The number of rotatable bonds is 3. The summed E-state index contributed by atoms with van der Waals surface area (Å²) >= 11 is 5.95. The molecule has 0 bridgehead atoms. The highest BCUT2D eigenvalue weighted by molar-refractivity contribution is 6.31. The van der Waals surface area contributed by atoms with Gasteiger partial charge >= 0.3 is 6.18 Å². The molecule has 2 aromatic carbocycles. The average molecular weight is 318 g/mol. The number of hydrogen-bond donors (Lipinski definition) is 1. The lowest BCUT2D eigenvalue weighted by molar-refractivity contribution is -0.137. The zero-order valence-corrected chi connectivity index (χ0v) is 11.8. The van der Waals surface area contributed by atoms with Crippen molar-refractivity contribution in [1.29, 1.82) is 0 Å². The Labute approximate surface area is 124 Å². The van der Waals surface area contributed by atoms with Crippen molar-refractivity contribution in [2.45, 2.75) is 19.1 Å². The van der Waals surface area contributed by atoms with Gasteiger partial charge in [-0.25, -0.2) is 4.39 Å². The maximum atomic E-state index is 13.0. The van der Waals surface area contributed by atoms with Crippen LogP contribution < -0.4 is 5.32 Å². The molecule has 0 heterocycles. The van der Waals surface area contributed by atoms with Crippen molar-refractivity contribution in [3.63, 3.8) is 0 Å². The Hall–Kier alpha value is -1.75. The van der Waals surface area contributed by atoms with Gasteiger partial charge in [-0.05, 0) is 48.9 Å². The molecule has 21 heavy (non-hydrogen) atoms. The zero-order chi connectivity index (χ0) is 15.6. The van der Waals surface area contributed by atoms with Crippen LogP contribution in [0.2, 0.25) is 5.02 Å². The normalized spacial score (nSPS) is 13.0. The molecule has 6 heteroatoms. The van der Waals surface area contributed by atoms with Crippen LogP contribution in [0.25, 0.3) is 0 Å². The maximum absolute atomic E-state index is 13.0. The molecule has 0 spiro atoms. The van der Waals surface area contributed by atoms with Crippen LogP contribution >= 0.6 is 11.6 Å². The molecule has 0 fully saturated rings. The van der Waals surface area contributed by atoms with Gasteiger partial charge in [-0.3, -0.25) is 0 Å². The number of benzene rings is 2. The highest BCUT2D eigenvalue weighted by atomic mass is 35.5. The van der Waals surface area contributed by atoms with E-state index in [4.69, 9.17) is 11.6 Å². The summed E-state index contributed by atoms with van der Waals surface area (Å²) in [6.45, 7) is 1.79. The van der Waals surface area contributed by atoms with E-state index in [-0.39, 0.29) is 11.1 Å². The zero-order valence-electron chi connectivity index (χ0n) is 11.0. The molecule has 1 unspecified atom stereocenters. The van der Waals surface area contributed by atoms with Gasteiger partial charge in [0.25, 0.3) is 0 Å². The van der Waals surface area contributed by atoms with E-state index in [1.165, 1.54) is 24.3 Å². The lowest BCUT2D eigenvalue weighted by Crippen LogP contribution is -2.08. The second-order valence-corrected chi connectivity index (χ2v) is 5.01. The Balaban J connectivity index is 2.14. The second kappa shape index (κ2) is 5.93. The molecule has 0 saturated heterocycles. The van der Waals surface area contributed by atoms with Gasteiger partial charge in [-0.1, -0.05) is 17.7 Å². The third-order valence-electron chi connectivity index (χ3n) is 3.02. The van der Waals surface area contributed by atoms with Crippen LogP contribution in [0.15, 0.2) is 42.5 Å². The molecule has 1 N–H and O–H groups in total. The largest absolute Gasteiger partial charge is 0.416 e. The number of nitrogens with one attached hydrogen (secondary N) is 1. The number of halogens is 5. The van der Waals surface area contributed by atoms with E-state index in [9.17, 15) is 17.6 Å². The van der Waals surface area contributed by atoms with Crippen LogP contribution in [0.3, 0.4) is 0 Å². The van der Waals surface area contributed by atoms with Crippen LogP contribution in [-0.4, -0.2) is 0 Å². The first-order chi connectivity index (χ1) is 9.77. The Bertz CT molecular complexity index is 623. The summed E-state index contributed by atoms with van der Waals surface area (Å²) in [6.07, 6.45) is -4.36. The molecule has 0 aliphatic heterocycles. The lowest BCUT2D eigenvalue weighted by Gasteiger charge is -2.17. The topological polar surface area (TPSA) is 12.0 Å². The van der Waals surface area contributed by atoms with Crippen molar-refractivity contribution in [3.8, 4) is 0 Å². The van der Waals surface area contributed by atoms with Crippen molar-refractivity contribution >= 4 is 17.3 Å². The standard InChI is InChI=1S/C15H12ClF4N/c1-9(13-7-4-11(17)8-14(13)16)21-12-5-2-10(3-6-12)15(18,19)20/h2-9,21H,1H3. The van der Waals surface area contributed by atoms with Crippen LogP contribution in [0.5, 0.6) is 0 Å². The van der Waals surface area contributed by atoms with Gasteiger partial charge in [-0.15, -0.1) is 0 Å². The van der Waals surface area contributed by atoms with Crippen molar-refractivity contribution in [2.24, 2.45) is 0 Å². The number of hydrogen-bond acceptors (Lipinski definition) is 1. The van der Waals surface area contributed by atoms with Gasteiger partial charge in [0.2, 0.25) is 0 Å². The maximum Gasteiger partial charge on any atom is 0.416 e. The number of anilines is 1. The Morgan fingerprint density at radius 3 is 2.19 bits per heavy atom. The molecule has 2 aromatic rings. The van der Waals surface area contributed by atoms with E-state index < -0.39 is 17.6 Å². The summed E-state index contributed by atoms with van der Waals surface area (Å²) in [5.74, 6) is -0.439. The predicted octanol–water partition coefficient (Wildman–Crippen LogP) is 5.67. The van der Waals surface area contributed by atoms with Gasteiger partial charge in [0, 0.05) is 16.8 Å². The summed E-state index contributed by atoms with van der Waals surface area (Å²) in [5, 5.41) is 3.29. The van der Waals surface area contributed by atoms with Crippen LogP contribution in [0.4, 0.5) is 23.2 Å². The van der Waals surface area contributed by atoms with Crippen molar-refractivity contribution in [1.82, 2.24) is 0 Å². The summed E-state index contributed by atoms with van der Waals surface area (Å²) in [7, 11) is 0. The summed E-state index contributed by atoms with van der Waals surface area (Å²) in [4.78, 5) is 0. The molecular weight excluding hydrogens is 306 g/mol. The van der Waals surface area contributed by atoms with E-state index >= 15 is 0 Å². The fourth-order valence-corrected chi connectivity index (χ4v) is 2.27. The van der Waals surface area contributed by atoms with E-state index in [0.29, 0.717) is 11.3 Å². The first kappa shape index (κ1) is 15.6. The molecule has 1 atom stereocenters. The summed E-state index contributed by atoms with van der Waals surface area (Å²) in [5.41, 5.74) is 0.481. The van der Waals surface area contributed by atoms with E-state index in [2.05, 4.69) is 5.32 Å². The predicted molar refractivity (Wildman–Crippen MR) is 74.9 cm³/mol. The molecule has 0 aromatic heterocycles. The second-order valence-electron chi connectivity index (χ2n) is 4.61. The number of alkyl halides is 3. The van der Waals surface area contributed by atoms with Crippen molar-refractivity contribution in [2.75, 3.05) is 5.32 Å². The third-order valence-corrected chi connectivity index (χ3v) is 3.35. The highest BCUT2D eigenvalue weighted by Crippen LogP contribution is 2.31. The van der Waals surface area contributed by atoms with E-state index in [1.807, 2.05) is 0 Å². The minimum absolute atomic E-state index is 0.266. The molecular formula is C15H12ClF4N. The van der Waals surface area contributed by atoms with Crippen LogP contribution in [-0.2, 0) is 6.18 Å². The SMILES string of the molecule is CC(Nc1ccc(C(F)(F)F)cc1)c1ccc(F)cc1Cl. The fourth-order valence-electron chi connectivity index (χ4n) is 1.94. The van der Waals surface area contributed by atoms with Crippen molar-refractivity contribution in [3.05, 3.63) is 64.4 Å². The highest BCUT2D eigenvalue weighted by Gasteiger charge is 2.29. The lowest BCUT2D eigenvalue weighted by atomic mass is 10.1. The minimum atomic E-state index is -4.36. The Morgan fingerprint density at radius 1 is 1.05 bits per heavy atom. The summed E-state index contributed by atoms with van der Waals surface area (Å²) < 4.78 is 50.4. The molecule has 0 radical (unpaired) electrons. The smallest absolute Gasteiger partial charge is 0.378 e. The Morgan fingerprint density at radius 2 is 1.67 bits per heavy atom. The first-order valence-electron chi connectivity index (χ1n) is 6.16. The molecule has 1 nitrogen and oxygen atoms in total. The molecule has 0 aliphatic carbocycles. The molecule has 2 rings (SSSR count). The van der Waals surface area contributed by atoms with E-state index in [1.54, 1.807) is 13.0 Å². The van der Waals surface area contributed by atoms with E-state index in [0.717, 1.165) is 12.1 Å². The van der Waals surface area contributed by atoms with Gasteiger partial charge in [0.15, 0.2) is 0 Å². The molecule has 0 saturated carbocycles. The Kier molecular flexibility index (Phi) is 4.42. The van der Waals surface area contributed by atoms with Crippen molar-refractivity contribution < 1.29 is 17.6 Å². The minimum Gasteiger partial charge on any atom is -0.378 e. The monoisotopic (exact) mass is 317 g/mol. The molecule has 0 amide bonds.